The summed E-state index contributed by atoms with van der Waals surface area (Å²) in [5, 5.41) is 0.784. The summed E-state index contributed by atoms with van der Waals surface area (Å²) in [7, 11) is 0. The standard InChI is InChI=1S/C14H17Cl/c1-4-11(2)5-6-12(3)13-7-9-14(15)10-8-13/h5-10H,4H2,1-3H3/b11-5-,12-6+. The molecule has 0 saturated carbocycles. The lowest BCUT2D eigenvalue weighted by molar-refractivity contribution is 1.10. The molecule has 0 nitrogen and oxygen atoms in total. The summed E-state index contributed by atoms with van der Waals surface area (Å²) >= 11 is 5.83. The zero-order valence-electron chi connectivity index (χ0n) is 9.55. The van der Waals surface area contributed by atoms with E-state index in [1.165, 1.54) is 16.7 Å². The molecule has 0 unspecified atom stereocenters. The Morgan fingerprint density at radius 2 is 1.73 bits per heavy atom. The molecule has 0 atom stereocenters. The highest BCUT2D eigenvalue weighted by Gasteiger charge is 1.94. The van der Waals surface area contributed by atoms with E-state index in [9.17, 15) is 0 Å². The van der Waals surface area contributed by atoms with Crippen LogP contribution in [0.4, 0.5) is 0 Å². The fraction of sp³-hybridized carbons (Fsp3) is 0.286. The van der Waals surface area contributed by atoms with Crippen molar-refractivity contribution in [1.29, 1.82) is 0 Å². The fourth-order valence-electron chi connectivity index (χ4n) is 1.19. The Labute approximate surface area is 97.3 Å². The van der Waals surface area contributed by atoms with Crippen molar-refractivity contribution in [2.45, 2.75) is 27.2 Å². The SMILES string of the molecule is CC/C(C)=C\C=C(/C)c1ccc(Cl)cc1. The number of rotatable bonds is 3. The van der Waals surface area contributed by atoms with E-state index in [-0.39, 0.29) is 0 Å². The molecule has 0 aromatic heterocycles. The van der Waals surface area contributed by atoms with E-state index < -0.39 is 0 Å². The van der Waals surface area contributed by atoms with Gasteiger partial charge in [-0.2, -0.15) is 0 Å². The molecule has 1 aromatic rings. The van der Waals surface area contributed by atoms with Crippen LogP contribution < -0.4 is 0 Å². The van der Waals surface area contributed by atoms with Crippen LogP contribution in [0.15, 0.2) is 42.0 Å². The lowest BCUT2D eigenvalue weighted by Crippen LogP contribution is -1.78. The van der Waals surface area contributed by atoms with Gasteiger partial charge >= 0.3 is 0 Å². The van der Waals surface area contributed by atoms with Gasteiger partial charge in [-0.3, -0.25) is 0 Å². The summed E-state index contributed by atoms with van der Waals surface area (Å²) in [5.74, 6) is 0. The van der Waals surface area contributed by atoms with Gasteiger partial charge in [-0.1, -0.05) is 48.4 Å². The highest BCUT2D eigenvalue weighted by Crippen LogP contribution is 2.17. The minimum absolute atomic E-state index is 0.784. The van der Waals surface area contributed by atoms with Gasteiger partial charge in [0.15, 0.2) is 0 Å². The van der Waals surface area contributed by atoms with Gasteiger partial charge in [0.2, 0.25) is 0 Å². The molecule has 0 N–H and O–H groups in total. The van der Waals surface area contributed by atoms with Crippen molar-refractivity contribution >= 4 is 17.2 Å². The number of allylic oxidation sites excluding steroid dienone is 4. The fourth-order valence-corrected chi connectivity index (χ4v) is 1.32. The van der Waals surface area contributed by atoms with E-state index in [2.05, 4.69) is 32.9 Å². The van der Waals surface area contributed by atoms with Crippen LogP contribution in [0.5, 0.6) is 0 Å². The molecule has 0 aliphatic heterocycles. The Kier molecular flexibility index (Phi) is 4.64. The van der Waals surface area contributed by atoms with E-state index in [1.807, 2.05) is 24.3 Å². The third kappa shape index (κ3) is 3.93. The summed E-state index contributed by atoms with van der Waals surface area (Å²) < 4.78 is 0. The first kappa shape index (κ1) is 12.1. The first-order valence-corrected chi connectivity index (χ1v) is 5.61. The van der Waals surface area contributed by atoms with Gasteiger partial charge in [0.1, 0.15) is 0 Å². The number of hydrogen-bond donors (Lipinski definition) is 0. The summed E-state index contributed by atoms with van der Waals surface area (Å²) in [6, 6.07) is 7.93. The molecule has 1 heteroatoms. The Morgan fingerprint density at radius 3 is 2.27 bits per heavy atom. The molecule has 1 rings (SSSR count). The van der Waals surface area contributed by atoms with Crippen molar-refractivity contribution in [3.8, 4) is 0 Å². The van der Waals surface area contributed by atoms with Crippen molar-refractivity contribution < 1.29 is 0 Å². The first-order chi connectivity index (χ1) is 7.13. The van der Waals surface area contributed by atoms with E-state index in [0.717, 1.165) is 11.4 Å². The highest BCUT2D eigenvalue weighted by atomic mass is 35.5. The van der Waals surface area contributed by atoms with Crippen LogP contribution >= 0.6 is 11.6 Å². The molecule has 0 heterocycles. The van der Waals surface area contributed by atoms with E-state index >= 15 is 0 Å². The van der Waals surface area contributed by atoms with E-state index in [4.69, 9.17) is 11.6 Å². The Hall–Kier alpha value is -1.01. The Balaban J connectivity index is 2.85. The lowest BCUT2D eigenvalue weighted by Gasteiger charge is -2.00. The molecule has 0 saturated heterocycles. The van der Waals surface area contributed by atoms with Gasteiger partial charge in [0.25, 0.3) is 0 Å². The van der Waals surface area contributed by atoms with Crippen molar-refractivity contribution in [2.24, 2.45) is 0 Å². The average molecular weight is 221 g/mol. The summed E-state index contributed by atoms with van der Waals surface area (Å²) in [6.45, 7) is 6.42. The van der Waals surface area contributed by atoms with Crippen molar-refractivity contribution in [2.75, 3.05) is 0 Å². The van der Waals surface area contributed by atoms with Crippen molar-refractivity contribution in [3.05, 3.63) is 52.6 Å². The molecule has 15 heavy (non-hydrogen) atoms. The summed E-state index contributed by atoms with van der Waals surface area (Å²) in [6.07, 6.45) is 5.43. The van der Waals surface area contributed by atoms with Crippen LogP contribution in [0.1, 0.15) is 32.8 Å². The molecule has 0 aliphatic rings. The molecule has 1 aromatic carbocycles. The first-order valence-electron chi connectivity index (χ1n) is 5.23. The number of halogens is 1. The maximum atomic E-state index is 5.83. The largest absolute Gasteiger partial charge is 0.0843 e. The minimum atomic E-state index is 0.784. The summed E-state index contributed by atoms with van der Waals surface area (Å²) in [5.41, 5.74) is 3.88. The molecule has 80 valence electrons. The normalized spacial score (nSPS) is 13.1. The van der Waals surface area contributed by atoms with Crippen molar-refractivity contribution in [1.82, 2.24) is 0 Å². The molecule has 0 amide bonds. The molecule has 0 fully saturated rings. The average Bonchev–Trinajstić information content (AvgIpc) is 2.26. The molecular weight excluding hydrogens is 204 g/mol. The maximum absolute atomic E-state index is 5.83. The zero-order valence-corrected chi connectivity index (χ0v) is 10.3. The van der Waals surface area contributed by atoms with E-state index in [1.54, 1.807) is 0 Å². The smallest absolute Gasteiger partial charge is 0.0406 e. The van der Waals surface area contributed by atoms with Crippen LogP contribution in [-0.2, 0) is 0 Å². The van der Waals surface area contributed by atoms with Crippen LogP contribution in [-0.4, -0.2) is 0 Å². The van der Waals surface area contributed by atoms with Crippen LogP contribution in [0, 0.1) is 0 Å². The quantitative estimate of drug-likeness (QED) is 0.622. The van der Waals surface area contributed by atoms with Gasteiger partial charge in [-0.05, 0) is 43.5 Å². The zero-order chi connectivity index (χ0) is 11.3. The highest BCUT2D eigenvalue weighted by molar-refractivity contribution is 6.30. The Morgan fingerprint density at radius 1 is 1.13 bits per heavy atom. The predicted molar refractivity (Wildman–Crippen MR) is 69.2 cm³/mol. The number of hydrogen-bond acceptors (Lipinski definition) is 0. The van der Waals surface area contributed by atoms with E-state index in [0.29, 0.717) is 0 Å². The van der Waals surface area contributed by atoms with Gasteiger partial charge in [0.05, 0.1) is 0 Å². The lowest BCUT2D eigenvalue weighted by atomic mass is 10.1. The van der Waals surface area contributed by atoms with Crippen molar-refractivity contribution in [3.63, 3.8) is 0 Å². The second-order valence-corrected chi connectivity index (χ2v) is 4.16. The second kappa shape index (κ2) is 5.77. The molecule has 0 aliphatic carbocycles. The molecule has 0 bridgehead atoms. The summed E-state index contributed by atoms with van der Waals surface area (Å²) in [4.78, 5) is 0. The van der Waals surface area contributed by atoms with Gasteiger partial charge in [-0.15, -0.1) is 0 Å². The molecular formula is C14H17Cl. The molecule has 0 spiro atoms. The molecule has 0 radical (unpaired) electrons. The Bertz CT molecular complexity index is 369. The maximum Gasteiger partial charge on any atom is 0.0406 e. The predicted octanol–water partition coefficient (Wildman–Crippen LogP) is 5.10. The van der Waals surface area contributed by atoms with Crippen LogP contribution in [0.25, 0.3) is 5.57 Å². The number of benzene rings is 1. The van der Waals surface area contributed by atoms with Crippen LogP contribution in [0.3, 0.4) is 0 Å². The topological polar surface area (TPSA) is 0 Å². The second-order valence-electron chi connectivity index (χ2n) is 3.72. The van der Waals surface area contributed by atoms with Crippen LogP contribution in [0.2, 0.25) is 5.02 Å². The third-order valence-electron chi connectivity index (χ3n) is 2.48. The third-order valence-corrected chi connectivity index (χ3v) is 2.73. The monoisotopic (exact) mass is 220 g/mol. The van der Waals surface area contributed by atoms with Gasteiger partial charge in [0, 0.05) is 5.02 Å². The van der Waals surface area contributed by atoms with Gasteiger partial charge < -0.3 is 0 Å². The van der Waals surface area contributed by atoms with Gasteiger partial charge in [-0.25, -0.2) is 0 Å². The minimum Gasteiger partial charge on any atom is -0.0843 e.